The van der Waals surface area contributed by atoms with E-state index in [9.17, 15) is 4.79 Å². The van der Waals surface area contributed by atoms with Crippen LogP contribution in [0.25, 0.3) is 0 Å². The molecule has 2 nitrogen and oxygen atoms in total. The molecule has 0 saturated heterocycles. The van der Waals surface area contributed by atoms with E-state index in [-0.39, 0.29) is 0 Å². The molecule has 4 heteroatoms. The van der Waals surface area contributed by atoms with E-state index < -0.39 is 5.97 Å². The molecule has 1 aromatic heterocycles. The average molecular weight is 202 g/mol. The summed E-state index contributed by atoms with van der Waals surface area (Å²) >= 11 is 2.96. The molecule has 12 heavy (non-hydrogen) atoms. The summed E-state index contributed by atoms with van der Waals surface area (Å²) in [7, 11) is 0. The van der Waals surface area contributed by atoms with Gasteiger partial charge in [-0.2, -0.15) is 0 Å². The van der Waals surface area contributed by atoms with Gasteiger partial charge in [0.25, 0.3) is 0 Å². The van der Waals surface area contributed by atoms with E-state index >= 15 is 0 Å². The van der Waals surface area contributed by atoms with Crippen molar-refractivity contribution < 1.29 is 9.90 Å². The summed E-state index contributed by atoms with van der Waals surface area (Å²) in [5.41, 5.74) is 0. The zero-order valence-corrected chi connectivity index (χ0v) is 8.54. The number of carboxylic acid groups (broad SMARTS) is 1. The number of hydrogen-bond donors (Lipinski definition) is 1. The predicted molar refractivity (Wildman–Crippen MR) is 52.3 cm³/mol. The Hall–Kier alpha value is -0.480. The number of rotatable bonds is 3. The minimum Gasteiger partial charge on any atom is -0.477 e. The molecule has 66 valence electrons. The number of carboxylic acids is 1. The largest absolute Gasteiger partial charge is 0.477 e. The van der Waals surface area contributed by atoms with Gasteiger partial charge >= 0.3 is 5.97 Å². The standard InChI is InChI=1S/C8H10O2S2/c1-5(2)12-6-3-7(8(9)10)11-4-6/h3-5H,1-2H3,(H,9,10). The highest BCUT2D eigenvalue weighted by Crippen LogP contribution is 2.27. The van der Waals surface area contributed by atoms with Gasteiger partial charge in [0.15, 0.2) is 0 Å². The summed E-state index contributed by atoms with van der Waals surface area (Å²) in [4.78, 5) is 12.0. The fourth-order valence-electron chi connectivity index (χ4n) is 0.765. The summed E-state index contributed by atoms with van der Waals surface area (Å²) in [5.74, 6) is -0.837. The Balaban J connectivity index is 2.71. The van der Waals surface area contributed by atoms with E-state index in [1.165, 1.54) is 11.3 Å². The molecule has 1 aromatic rings. The number of thioether (sulfide) groups is 1. The van der Waals surface area contributed by atoms with Crippen LogP contribution in [0, 0.1) is 0 Å². The van der Waals surface area contributed by atoms with Gasteiger partial charge in [-0.05, 0) is 6.07 Å². The first-order valence-electron chi connectivity index (χ1n) is 3.58. The quantitative estimate of drug-likeness (QED) is 0.766. The summed E-state index contributed by atoms with van der Waals surface area (Å²) in [6.07, 6.45) is 0. The summed E-state index contributed by atoms with van der Waals surface area (Å²) in [6, 6.07) is 1.72. The molecule has 0 aliphatic rings. The van der Waals surface area contributed by atoms with Crippen LogP contribution in [0.5, 0.6) is 0 Å². The van der Waals surface area contributed by atoms with E-state index in [0.717, 1.165) is 4.90 Å². The summed E-state index contributed by atoms with van der Waals surface area (Å²) < 4.78 is 0. The molecule has 1 heterocycles. The van der Waals surface area contributed by atoms with E-state index in [0.29, 0.717) is 10.1 Å². The molecule has 1 N–H and O–H groups in total. The Kier molecular flexibility index (Phi) is 3.17. The molecule has 0 unspecified atom stereocenters. The van der Waals surface area contributed by atoms with Crippen LogP contribution in [0.1, 0.15) is 23.5 Å². The van der Waals surface area contributed by atoms with Crippen molar-refractivity contribution in [2.45, 2.75) is 24.0 Å². The predicted octanol–water partition coefficient (Wildman–Crippen LogP) is 2.95. The van der Waals surface area contributed by atoms with Crippen molar-refractivity contribution >= 4 is 29.1 Å². The fraction of sp³-hybridized carbons (Fsp3) is 0.375. The van der Waals surface area contributed by atoms with E-state index in [2.05, 4.69) is 13.8 Å². The lowest BCUT2D eigenvalue weighted by Gasteiger charge is -1.99. The third kappa shape index (κ3) is 2.53. The topological polar surface area (TPSA) is 37.3 Å². The summed E-state index contributed by atoms with van der Waals surface area (Å²) in [5, 5.41) is 11.0. The highest BCUT2D eigenvalue weighted by atomic mass is 32.2. The third-order valence-corrected chi connectivity index (χ3v) is 3.20. The van der Waals surface area contributed by atoms with Gasteiger partial charge in [0.1, 0.15) is 4.88 Å². The SMILES string of the molecule is CC(C)Sc1csc(C(=O)O)c1. The van der Waals surface area contributed by atoms with Crippen LogP contribution in [0.15, 0.2) is 16.3 Å². The van der Waals surface area contributed by atoms with E-state index in [1.54, 1.807) is 17.8 Å². The molecule has 0 atom stereocenters. The second-order valence-corrected chi connectivity index (χ2v) is 5.18. The van der Waals surface area contributed by atoms with Crippen LogP contribution in [0.2, 0.25) is 0 Å². The number of hydrogen-bond acceptors (Lipinski definition) is 3. The average Bonchev–Trinajstić information content (AvgIpc) is 2.34. The van der Waals surface area contributed by atoms with Gasteiger partial charge in [-0.1, -0.05) is 13.8 Å². The normalized spacial score (nSPS) is 10.6. The van der Waals surface area contributed by atoms with Crippen molar-refractivity contribution in [3.8, 4) is 0 Å². The van der Waals surface area contributed by atoms with Gasteiger partial charge in [-0.25, -0.2) is 4.79 Å². The second-order valence-electron chi connectivity index (χ2n) is 2.62. The van der Waals surface area contributed by atoms with Crippen LogP contribution in [-0.2, 0) is 0 Å². The van der Waals surface area contributed by atoms with Crippen LogP contribution in [-0.4, -0.2) is 16.3 Å². The Labute approximate surface area is 79.6 Å². The molecular formula is C8H10O2S2. The van der Waals surface area contributed by atoms with Gasteiger partial charge in [0, 0.05) is 15.5 Å². The van der Waals surface area contributed by atoms with Crippen molar-refractivity contribution in [3.63, 3.8) is 0 Å². The Morgan fingerprint density at radius 3 is 2.75 bits per heavy atom. The second kappa shape index (κ2) is 3.96. The molecular weight excluding hydrogens is 192 g/mol. The minimum absolute atomic E-state index is 0.415. The van der Waals surface area contributed by atoms with Gasteiger partial charge in [-0.3, -0.25) is 0 Å². The van der Waals surface area contributed by atoms with Gasteiger partial charge < -0.3 is 5.11 Å². The highest BCUT2D eigenvalue weighted by Gasteiger charge is 2.07. The van der Waals surface area contributed by atoms with Crippen LogP contribution >= 0.6 is 23.1 Å². The molecule has 0 radical (unpaired) electrons. The molecule has 0 amide bonds. The van der Waals surface area contributed by atoms with Crippen molar-refractivity contribution in [3.05, 3.63) is 16.3 Å². The number of carbonyl (C=O) groups is 1. The van der Waals surface area contributed by atoms with Crippen molar-refractivity contribution in [2.24, 2.45) is 0 Å². The van der Waals surface area contributed by atoms with Crippen LogP contribution < -0.4 is 0 Å². The fourth-order valence-corrected chi connectivity index (χ4v) is 2.54. The lowest BCUT2D eigenvalue weighted by atomic mass is 10.5. The molecule has 0 bridgehead atoms. The molecule has 0 saturated carbocycles. The smallest absolute Gasteiger partial charge is 0.345 e. The van der Waals surface area contributed by atoms with Crippen molar-refractivity contribution in [1.29, 1.82) is 0 Å². The highest BCUT2D eigenvalue weighted by molar-refractivity contribution is 8.00. The van der Waals surface area contributed by atoms with Crippen molar-refractivity contribution in [2.75, 3.05) is 0 Å². The van der Waals surface area contributed by atoms with Gasteiger partial charge in [-0.15, -0.1) is 23.1 Å². The van der Waals surface area contributed by atoms with Crippen molar-refractivity contribution in [1.82, 2.24) is 0 Å². The zero-order valence-electron chi connectivity index (χ0n) is 6.90. The Bertz CT molecular complexity index is 278. The van der Waals surface area contributed by atoms with Gasteiger partial charge in [0.05, 0.1) is 0 Å². The lowest BCUT2D eigenvalue weighted by Crippen LogP contribution is -1.90. The first kappa shape index (κ1) is 9.61. The minimum atomic E-state index is -0.837. The van der Waals surface area contributed by atoms with Crippen LogP contribution in [0.3, 0.4) is 0 Å². The first-order chi connectivity index (χ1) is 5.59. The van der Waals surface area contributed by atoms with Gasteiger partial charge in [0.2, 0.25) is 0 Å². The first-order valence-corrected chi connectivity index (χ1v) is 5.34. The number of aromatic carboxylic acids is 1. The Morgan fingerprint density at radius 1 is 1.67 bits per heavy atom. The maximum atomic E-state index is 10.5. The molecule has 0 fully saturated rings. The van der Waals surface area contributed by atoms with E-state index in [1.807, 2.05) is 5.38 Å². The molecule has 0 aromatic carbocycles. The van der Waals surface area contributed by atoms with E-state index in [4.69, 9.17) is 5.11 Å². The lowest BCUT2D eigenvalue weighted by molar-refractivity contribution is 0.0702. The molecule has 0 aliphatic heterocycles. The Morgan fingerprint density at radius 2 is 2.33 bits per heavy atom. The monoisotopic (exact) mass is 202 g/mol. The van der Waals surface area contributed by atoms with Crippen LogP contribution in [0.4, 0.5) is 0 Å². The molecule has 1 rings (SSSR count). The maximum Gasteiger partial charge on any atom is 0.345 e. The summed E-state index contributed by atoms with van der Waals surface area (Å²) in [6.45, 7) is 4.17. The number of thiophene rings is 1. The molecule has 0 spiro atoms. The maximum absolute atomic E-state index is 10.5. The molecule has 0 aliphatic carbocycles. The zero-order chi connectivity index (χ0) is 9.14. The third-order valence-electron chi connectivity index (χ3n) is 1.16.